The number of hydrogen-bond acceptors (Lipinski definition) is 4. The molecule has 20 heavy (non-hydrogen) atoms. The van der Waals surface area contributed by atoms with E-state index in [9.17, 15) is 13.6 Å². The van der Waals surface area contributed by atoms with E-state index in [1.54, 1.807) is 0 Å². The number of nitrogens with two attached hydrogens (primary N) is 1. The molecular weight excluding hydrogens is 286 g/mol. The first-order valence-electron chi connectivity index (χ1n) is 6.25. The van der Waals surface area contributed by atoms with Crippen LogP contribution in [-0.4, -0.2) is 18.6 Å². The summed E-state index contributed by atoms with van der Waals surface area (Å²) in [6.07, 6.45) is 3.16. The Morgan fingerprint density at radius 1 is 1.35 bits per heavy atom. The van der Waals surface area contributed by atoms with Gasteiger partial charge in [-0.05, 0) is 49.8 Å². The molecule has 1 amide bonds. The number of nitrogens with one attached hydrogen (secondary N) is 1. The van der Waals surface area contributed by atoms with Crippen LogP contribution in [0.5, 0.6) is 0 Å². The summed E-state index contributed by atoms with van der Waals surface area (Å²) >= 11 is 0.851. The van der Waals surface area contributed by atoms with Gasteiger partial charge in [-0.15, -0.1) is 0 Å². The summed E-state index contributed by atoms with van der Waals surface area (Å²) in [4.78, 5) is 12.4. The third kappa shape index (κ3) is 2.88. The van der Waals surface area contributed by atoms with Crippen LogP contribution in [0.25, 0.3) is 0 Å². The highest BCUT2D eigenvalue weighted by Crippen LogP contribution is 2.34. The summed E-state index contributed by atoms with van der Waals surface area (Å²) in [5, 5.41) is 0. The quantitative estimate of drug-likeness (QED) is 0.663. The molecule has 0 saturated heterocycles. The highest BCUT2D eigenvalue weighted by Gasteiger charge is 2.41. The van der Waals surface area contributed by atoms with Crippen molar-refractivity contribution in [2.24, 2.45) is 0 Å². The summed E-state index contributed by atoms with van der Waals surface area (Å²) in [5.41, 5.74) is 3.84. The van der Waals surface area contributed by atoms with E-state index < -0.39 is 22.9 Å². The topological polar surface area (TPSA) is 64.3 Å². The minimum Gasteiger partial charge on any atom is -0.394 e. The number of hydrogen-bond donors (Lipinski definition) is 2. The highest BCUT2D eigenvalue weighted by molar-refractivity contribution is 7.98. The Morgan fingerprint density at radius 2 is 1.90 bits per heavy atom. The second-order valence-corrected chi connectivity index (χ2v) is 5.62. The maximum Gasteiger partial charge on any atom is 0.262 e. The maximum atomic E-state index is 13.3. The second kappa shape index (κ2) is 5.97. The predicted octanol–water partition coefficient (Wildman–Crippen LogP) is 2.63. The molecule has 0 radical (unpaired) electrons. The normalized spacial score (nSPS) is 17.1. The fourth-order valence-corrected chi connectivity index (χ4v) is 3.01. The molecule has 7 heteroatoms. The van der Waals surface area contributed by atoms with E-state index in [0.29, 0.717) is 12.8 Å². The first-order chi connectivity index (χ1) is 9.48. The maximum absolute atomic E-state index is 13.3. The van der Waals surface area contributed by atoms with Crippen molar-refractivity contribution in [2.45, 2.75) is 36.2 Å². The van der Waals surface area contributed by atoms with Crippen LogP contribution >= 0.6 is 11.9 Å². The van der Waals surface area contributed by atoms with Gasteiger partial charge in [0.2, 0.25) is 0 Å². The van der Waals surface area contributed by atoms with Crippen LogP contribution < -0.4 is 10.5 Å². The lowest BCUT2D eigenvalue weighted by atomic mass is 10.0. The van der Waals surface area contributed by atoms with Crippen LogP contribution in [0.15, 0.2) is 17.0 Å². The molecule has 0 aliphatic heterocycles. The molecule has 110 valence electrons. The van der Waals surface area contributed by atoms with Crippen LogP contribution in [0.3, 0.4) is 0 Å². The van der Waals surface area contributed by atoms with Gasteiger partial charge < -0.3 is 10.5 Å². The van der Waals surface area contributed by atoms with E-state index in [-0.39, 0.29) is 10.8 Å². The standard InChI is InChI=1S/C13H16F2N2O2S/c1-19-13(4-2-3-5-13)12(18)17-20-8-6-9(14)11(16)10(15)7-8/h6-7H,2-5,16H2,1H3,(H,17,18). The molecule has 1 aromatic rings. The third-order valence-electron chi connectivity index (χ3n) is 3.53. The molecule has 1 aromatic carbocycles. The summed E-state index contributed by atoms with van der Waals surface area (Å²) in [5.74, 6) is -1.96. The summed E-state index contributed by atoms with van der Waals surface area (Å²) in [6.45, 7) is 0. The van der Waals surface area contributed by atoms with Crippen LogP contribution in [0.2, 0.25) is 0 Å². The average molecular weight is 302 g/mol. The van der Waals surface area contributed by atoms with Crippen molar-refractivity contribution in [1.29, 1.82) is 0 Å². The lowest BCUT2D eigenvalue weighted by Gasteiger charge is -2.25. The van der Waals surface area contributed by atoms with Crippen LogP contribution in [0.1, 0.15) is 25.7 Å². The van der Waals surface area contributed by atoms with Crippen LogP contribution in [0, 0.1) is 11.6 Å². The second-order valence-electron chi connectivity index (χ2n) is 4.74. The monoisotopic (exact) mass is 302 g/mol. The zero-order valence-corrected chi connectivity index (χ0v) is 11.9. The Balaban J connectivity index is 2.03. The number of rotatable bonds is 4. The molecule has 0 spiro atoms. The smallest absolute Gasteiger partial charge is 0.262 e. The molecule has 1 fully saturated rings. The molecule has 0 unspecified atom stereocenters. The van der Waals surface area contributed by atoms with E-state index in [1.807, 2.05) is 0 Å². The summed E-state index contributed by atoms with van der Waals surface area (Å²) < 4.78 is 34.5. The Kier molecular flexibility index (Phi) is 4.49. The van der Waals surface area contributed by atoms with E-state index in [4.69, 9.17) is 10.5 Å². The van der Waals surface area contributed by atoms with E-state index in [0.717, 1.165) is 36.9 Å². The lowest BCUT2D eigenvalue weighted by molar-refractivity contribution is -0.140. The molecule has 0 atom stereocenters. The molecule has 1 aliphatic carbocycles. The van der Waals surface area contributed by atoms with Gasteiger partial charge in [-0.3, -0.25) is 9.52 Å². The number of anilines is 1. The van der Waals surface area contributed by atoms with Crippen LogP contribution in [0.4, 0.5) is 14.5 Å². The number of methoxy groups -OCH3 is 1. The van der Waals surface area contributed by atoms with Gasteiger partial charge in [0.05, 0.1) is 0 Å². The Bertz CT molecular complexity index is 496. The largest absolute Gasteiger partial charge is 0.394 e. The van der Waals surface area contributed by atoms with Crippen LogP contribution in [-0.2, 0) is 9.53 Å². The Morgan fingerprint density at radius 3 is 2.40 bits per heavy atom. The van der Waals surface area contributed by atoms with Crippen molar-refractivity contribution in [3.05, 3.63) is 23.8 Å². The van der Waals surface area contributed by atoms with Crippen molar-refractivity contribution in [3.63, 3.8) is 0 Å². The molecule has 2 rings (SSSR count). The first-order valence-corrected chi connectivity index (χ1v) is 7.07. The summed E-state index contributed by atoms with van der Waals surface area (Å²) in [6, 6.07) is 2.16. The number of nitrogen functional groups attached to an aromatic ring is 1. The van der Waals surface area contributed by atoms with Crippen molar-refractivity contribution >= 4 is 23.5 Å². The molecule has 0 aromatic heterocycles. The molecule has 4 nitrogen and oxygen atoms in total. The lowest BCUT2D eigenvalue weighted by Crippen LogP contribution is -2.43. The van der Waals surface area contributed by atoms with Gasteiger partial charge in [-0.2, -0.15) is 0 Å². The summed E-state index contributed by atoms with van der Waals surface area (Å²) in [7, 11) is 1.50. The van der Waals surface area contributed by atoms with E-state index >= 15 is 0 Å². The number of amides is 1. The fraction of sp³-hybridized carbons (Fsp3) is 0.462. The molecular formula is C13H16F2N2O2S. The predicted molar refractivity (Wildman–Crippen MR) is 73.0 cm³/mol. The van der Waals surface area contributed by atoms with Gasteiger partial charge in [0.25, 0.3) is 5.91 Å². The van der Waals surface area contributed by atoms with Gasteiger partial charge >= 0.3 is 0 Å². The molecule has 0 bridgehead atoms. The molecule has 0 heterocycles. The first kappa shape index (κ1) is 15.1. The highest BCUT2D eigenvalue weighted by atomic mass is 32.2. The third-order valence-corrected chi connectivity index (χ3v) is 4.29. The zero-order valence-electron chi connectivity index (χ0n) is 11.0. The zero-order chi connectivity index (χ0) is 14.8. The minimum absolute atomic E-state index is 0.242. The Labute approximate surface area is 120 Å². The molecule has 1 aliphatic rings. The fourth-order valence-electron chi connectivity index (χ4n) is 2.29. The van der Waals surface area contributed by atoms with Gasteiger partial charge in [-0.1, -0.05) is 0 Å². The molecule has 1 saturated carbocycles. The van der Waals surface area contributed by atoms with Crippen molar-refractivity contribution in [1.82, 2.24) is 4.72 Å². The SMILES string of the molecule is COC1(C(=O)NSc2cc(F)c(N)c(F)c2)CCCC1. The van der Waals surface area contributed by atoms with Crippen molar-refractivity contribution in [3.8, 4) is 0 Å². The van der Waals surface area contributed by atoms with E-state index in [1.165, 1.54) is 7.11 Å². The Hall–Kier alpha value is -1.34. The molecule has 3 N–H and O–H groups in total. The average Bonchev–Trinajstić information content (AvgIpc) is 2.92. The van der Waals surface area contributed by atoms with Crippen molar-refractivity contribution in [2.75, 3.05) is 12.8 Å². The van der Waals surface area contributed by atoms with Gasteiger partial charge in [0, 0.05) is 12.0 Å². The van der Waals surface area contributed by atoms with Crippen molar-refractivity contribution < 1.29 is 18.3 Å². The number of halogens is 2. The number of carbonyl (C=O) groups excluding carboxylic acids is 1. The van der Waals surface area contributed by atoms with Gasteiger partial charge in [0.15, 0.2) is 0 Å². The minimum atomic E-state index is -0.843. The number of ether oxygens (including phenoxy) is 1. The van der Waals surface area contributed by atoms with Gasteiger partial charge in [-0.25, -0.2) is 8.78 Å². The van der Waals surface area contributed by atoms with E-state index in [2.05, 4.69) is 4.72 Å². The number of carbonyl (C=O) groups is 1. The number of benzene rings is 1. The van der Waals surface area contributed by atoms with Gasteiger partial charge in [0.1, 0.15) is 22.9 Å².